The van der Waals surface area contributed by atoms with Gasteiger partial charge < -0.3 is 19.2 Å². The molecule has 0 saturated heterocycles. The maximum atomic E-state index is 13.8. The van der Waals surface area contributed by atoms with Gasteiger partial charge in [0.1, 0.15) is 5.58 Å². The monoisotopic (exact) mass is 646 g/mol. The maximum absolute atomic E-state index is 13.8. The van der Waals surface area contributed by atoms with Crippen LogP contribution in [0.5, 0.6) is 11.5 Å². The number of nitrogens with one attached hydrogen (secondary N) is 1. The Morgan fingerprint density at radius 3 is 2.66 bits per heavy atom. The minimum atomic E-state index is -0.365. The number of amides is 1. The smallest absolute Gasteiger partial charge is 0.282 e. The molecule has 0 unspecified atom stereocenters. The fourth-order valence-corrected chi connectivity index (χ4v) is 5.28. The quantitative estimate of drug-likeness (QED) is 0.114. The summed E-state index contributed by atoms with van der Waals surface area (Å²) in [4.78, 5) is 31.2. The van der Waals surface area contributed by atoms with Crippen LogP contribution in [0.1, 0.15) is 23.6 Å². The molecule has 47 heavy (non-hydrogen) atoms. The van der Waals surface area contributed by atoms with E-state index in [9.17, 15) is 9.59 Å². The van der Waals surface area contributed by atoms with Gasteiger partial charge in [0.25, 0.3) is 11.5 Å². The molecule has 4 aromatic carbocycles. The fourth-order valence-electron chi connectivity index (χ4n) is 5.10. The lowest BCUT2D eigenvalue weighted by atomic mass is 10.1. The summed E-state index contributed by atoms with van der Waals surface area (Å²) in [5, 5.41) is 9.17. The molecule has 0 aliphatic rings. The third-order valence-corrected chi connectivity index (χ3v) is 7.51. The number of furan rings is 1. The van der Waals surface area contributed by atoms with Crippen molar-refractivity contribution in [2.75, 3.05) is 18.5 Å². The van der Waals surface area contributed by atoms with Gasteiger partial charge in [0.05, 0.1) is 23.7 Å². The van der Waals surface area contributed by atoms with Gasteiger partial charge >= 0.3 is 0 Å². The van der Waals surface area contributed by atoms with Gasteiger partial charge in [-0.3, -0.25) is 9.59 Å². The summed E-state index contributed by atoms with van der Waals surface area (Å²) in [6.45, 7) is 7.85. The number of carbonyl (C=O) groups excluding carboxylic acids is 1. The van der Waals surface area contributed by atoms with Crippen molar-refractivity contribution in [1.82, 2.24) is 9.66 Å². The zero-order valence-corrected chi connectivity index (χ0v) is 26.6. The van der Waals surface area contributed by atoms with Crippen LogP contribution in [0.25, 0.3) is 33.5 Å². The van der Waals surface area contributed by atoms with Gasteiger partial charge in [0.15, 0.2) is 23.9 Å². The van der Waals surface area contributed by atoms with Crippen molar-refractivity contribution in [3.63, 3.8) is 0 Å². The summed E-state index contributed by atoms with van der Waals surface area (Å²) < 4.78 is 19.2. The van der Waals surface area contributed by atoms with Gasteiger partial charge in [0.2, 0.25) is 5.82 Å². The van der Waals surface area contributed by atoms with E-state index < -0.39 is 0 Å². The Kier molecular flexibility index (Phi) is 9.17. The lowest BCUT2D eigenvalue weighted by Crippen LogP contribution is -2.21. The average molecular weight is 647 g/mol. The van der Waals surface area contributed by atoms with Gasteiger partial charge in [-0.2, -0.15) is 9.78 Å². The standard InChI is InChI=1S/C37H31ClN4O5/c1-4-8-25-17-24(18-32(45-5-2)35(25)46-22-34(43)40-28-14-11-23(3)12-15-28)21-39-42-36(41-30-10-7-6-9-29(30)37(42)44)33-20-26-19-27(38)13-16-31(26)47-33/h4,6-7,9-21H,1,5,8,22H2,2-3H3,(H,40,43). The molecule has 0 bridgehead atoms. The van der Waals surface area contributed by atoms with E-state index in [0.29, 0.717) is 63.0 Å². The molecule has 236 valence electrons. The first kappa shape index (κ1) is 31.3. The molecule has 0 aliphatic carbocycles. The molecule has 6 rings (SSSR count). The van der Waals surface area contributed by atoms with Crippen LogP contribution in [0, 0.1) is 6.92 Å². The molecular formula is C37H31ClN4O5. The minimum absolute atomic E-state index is 0.226. The Labute approximate surface area is 275 Å². The summed E-state index contributed by atoms with van der Waals surface area (Å²) in [6.07, 6.45) is 3.71. The number of hydrogen-bond donors (Lipinski definition) is 1. The van der Waals surface area contributed by atoms with Crippen LogP contribution in [0.3, 0.4) is 0 Å². The number of para-hydroxylation sites is 1. The predicted octanol–water partition coefficient (Wildman–Crippen LogP) is 7.80. The lowest BCUT2D eigenvalue weighted by molar-refractivity contribution is -0.118. The lowest BCUT2D eigenvalue weighted by Gasteiger charge is -2.16. The van der Waals surface area contributed by atoms with Crippen molar-refractivity contribution >= 4 is 51.3 Å². The van der Waals surface area contributed by atoms with E-state index >= 15 is 0 Å². The number of aromatic nitrogens is 2. The predicted molar refractivity (Wildman–Crippen MR) is 186 cm³/mol. The average Bonchev–Trinajstić information content (AvgIpc) is 3.48. The number of fused-ring (bicyclic) bond motifs is 2. The number of halogens is 1. The molecule has 0 fully saturated rings. The molecule has 9 nitrogen and oxygen atoms in total. The summed E-state index contributed by atoms with van der Waals surface area (Å²) in [6, 6.07) is 25.2. The van der Waals surface area contributed by atoms with Gasteiger partial charge in [-0.1, -0.05) is 47.5 Å². The van der Waals surface area contributed by atoms with E-state index in [4.69, 9.17) is 30.5 Å². The molecule has 1 amide bonds. The number of allylic oxidation sites excluding steroid dienone is 1. The first-order valence-electron chi connectivity index (χ1n) is 15.0. The van der Waals surface area contributed by atoms with Crippen LogP contribution in [-0.2, 0) is 11.2 Å². The van der Waals surface area contributed by atoms with Gasteiger partial charge in [-0.15, -0.1) is 6.58 Å². The minimum Gasteiger partial charge on any atom is -0.490 e. The van der Waals surface area contributed by atoms with E-state index in [2.05, 4.69) is 17.0 Å². The fraction of sp³-hybridized carbons (Fsp3) is 0.135. The van der Waals surface area contributed by atoms with Crippen molar-refractivity contribution in [2.24, 2.45) is 5.10 Å². The summed E-state index contributed by atoms with van der Waals surface area (Å²) in [7, 11) is 0. The maximum Gasteiger partial charge on any atom is 0.282 e. The van der Waals surface area contributed by atoms with Crippen molar-refractivity contribution < 1.29 is 18.7 Å². The highest BCUT2D eigenvalue weighted by Gasteiger charge is 2.18. The Bertz CT molecular complexity index is 2200. The highest BCUT2D eigenvalue weighted by molar-refractivity contribution is 6.31. The first-order chi connectivity index (χ1) is 22.8. The SMILES string of the molecule is C=CCc1cc(C=Nn2c(-c3cc4cc(Cl)ccc4o3)nc3ccccc3c2=O)cc(OCC)c1OCC(=O)Nc1ccc(C)cc1. The number of ether oxygens (including phenoxy) is 2. The number of rotatable bonds is 11. The van der Waals surface area contributed by atoms with E-state index in [-0.39, 0.29) is 23.9 Å². The van der Waals surface area contributed by atoms with Crippen LogP contribution in [-0.4, -0.2) is 35.0 Å². The highest BCUT2D eigenvalue weighted by Crippen LogP contribution is 2.34. The van der Waals surface area contributed by atoms with Crippen LogP contribution < -0.4 is 20.3 Å². The molecular weight excluding hydrogens is 616 g/mol. The second-order valence-electron chi connectivity index (χ2n) is 10.7. The van der Waals surface area contributed by atoms with E-state index in [0.717, 1.165) is 16.5 Å². The number of carbonyl (C=O) groups is 1. The number of hydrogen-bond acceptors (Lipinski definition) is 7. The third kappa shape index (κ3) is 6.95. The Balaban J connectivity index is 1.36. The van der Waals surface area contributed by atoms with Crippen LogP contribution in [0.15, 0.2) is 112 Å². The number of nitrogens with zero attached hydrogens (tertiary/aromatic N) is 3. The van der Waals surface area contributed by atoms with Crippen LogP contribution >= 0.6 is 11.6 Å². The second-order valence-corrected chi connectivity index (χ2v) is 11.2. The number of benzene rings is 4. The van der Waals surface area contributed by atoms with Crippen molar-refractivity contribution in [1.29, 1.82) is 0 Å². The number of anilines is 1. The van der Waals surface area contributed by atoms with E-state index in [1.807, 2.05) is 50.2 Å². The van der Waals surface area contributed by atoms with E-state index in [1.165, 1.54) is 4.68 Å². The largest absolute Gasteiger partial charge is 0.490 e. The molecule has 2 heterocycles. The topological polar surface area (TPSA) is 108 Å². The molecule has 2 aromatic heterocycles. The van der Waals surface area contributed by atoms with Crippen molar-refractivity contribution in [3.8, 4) is 23.1 Å². The Morgan fingerprint density at radius 2 is 1.87 bits per heavy atom. The molecule has 10 heteroatoms. The Hall–Kier alpha value is -5.67. The molecule has 0 atom stereocenters. The zero-order valence-electron chi connectivity index (χ0n) is 25.8. The van der Waals surface area contributed by atoms with Gasteiger partial charge in [-0.05, 0) is 86.5 Å². The summed E-state index contributed by atoms with van der Waals surface area (Å²) in [5.74, 6) is 1.13. The first-order valence-corrected chi connectivity index (χ1v) is 15.4. The molecule has 1 N–H and O–H groups in total. The van der Waals surface area contributed by atoms with Gasteiger partial charge in [-0.25, -0.2) is 4.98 Å². The molecule has 0 aliphatic heterocycles. The second kappa shape index (κ2) is 13.8. The highest BCUT2D eigenvalue weighted by atomic mass is 35.5. The van der Waals surface area contributed by atoms with E-state index in [1.54, 1.807) is 60.8 Å². The van der Waals surface area contributed by atoms with Crippen LogP contribution in [0.4, 0.5) is 5.69 Å². The zero-order chi connectivity index (χ0) is 32.9. The van der Waals surface area contributed by atoms with Crippen molar-refractivity contribution in [3.05, 3.63) is 130 Å². The summed E-state index contributed by atoms with van der Waals surface area (Å²) >= 11 is 6.20. The summed E-state index contributed by atoms with van der Waals surface area (Å²) in [5.41, 5.74) is 3.87. The Morgan fingerprint density at radius 1 is 1.06 bits per heavy atom. The molecule has 0 spiro atoms. The van der Waals surface area contributed by atoms with Crippen LogP contribution in [0.2, 0.25) is 5.02 Å². The van der Waals surface area contributed by atoms with Crippen molar-refractivity contribution in [2.45, 2.75) is 20.3 Å². The molecule has 0 saturated carbocycles. The third-order valence-electron chi connectivity index (χ3n) is 7.28. The van der Waals surface area contributed by atoms with Gasteiger partial charge in [0, 0.05) is 21.7 Å². The molecule has 6 aromatic rings. The normalized spacial score (nSPS) is 11.3. The number of aryl methyl sites for hydroxylation is 1. The molecule has 0 radical (unpaired) electrons.